The van der Waals surface area contributed by atoms with E-state index in [0.29, 0.717) is 0 Å². The van der Waals surface area contributed by atoms with Gasteiger partial charge in [-0.2, -0.15) is 0 Å². The molecule has 1 heterocycles. The highest BCUT2D eigenvalue weighted by Crippen LogP contribution is 2.17. The van der Waals surface area contributed by atoms with Crippen LogP contribution in [0.4, 0.5) is 5.69 Å². The Morgan fingerprint density at radius 3 is 2.41 bits per heavy atom. The molecule has 4 nitrogen and oxygen atoms in total. The Kier molecular flexibility index (Phi) is 9.01. The number of piperidine rings is 1. The van der Waals surface area contributed by atoms with Crippen molar-refractivity contribution in [2.45, 2.75) is 39.5 Å². The molecular weight excluding hydrogens is 294 g/mol. The summed E-state index contributed by atoms with van der Waals surface area (Å²) in [6.07, 6.45) is 3.98. The predicted molar refractivity (Wildman–Crippen MR) is 101 cm³/mol. The standard InChI is InChI=1S/C9H18N2OS.C8H11N.2H2/c1-2-5-10-9(12)8-3-6-11(13)7-4-8;1-2-7-3-5-8(9)6-4-7;;/h8,13H,2-7H2,1H3,(H,10,12);3-6H,2,9H2,1H3;2*1H. The second-order valence-corrected chi connectivity index (χ2v) is 6.18. The predicted octanol–water partition coefficient (Wildman–Crippen LogP) is 3.39. The van der Waals surface area contributed by atoms with Crippen molar-refractivity contribution in [2.75, 3.05) is 25.4 Å². The van der Waals surface area contributed by atoms with Gasteiger partial charge in [0.1, 0.15) is 0 Å². The zero-order chi connectivity index (χ0) is 16.4. The molecule has 128 valence electrons. The number of nitrogens with two attached hydrogens (primary N) is 1. The van der Waals surface area contributed by atoms with E-state index in [1.54, 1.807) is 0 Å². The molecule has 22 heavy (non-hydrogen) atoms. The summed E-state index contributed by atoms with van der Waals surface area (Å²) in [7, 11) is 0. The van der Waals surface area contributed by atoms with Crippen LogP contribution in [0.3, 0.4) is 0 Å². The molecule has 0 aromatic heterocycles. The fraction of sp³-hybridized carbons (Fsp3) is 0.588. The van der Waals surface area contributed by atoms with Gasteiger partial charge in [0.25, 0.3) is 0 Å². The molecule has 5 heteroatoms. The number of rotatable bonds is 4. The molecule has 1 aliphatic heterocycles. The number of amides is 1. The first kappa shape index (κ1) is 18.8. The summed E-state index contributed by atoms with van der Waals surface area (Å²) >= 11 is 4.24. The first-order chi connectivity index (χ1) is 10.6. The van der Waals surface area contributed by atoms with E-state index in [-0.39, 0.29) is 14.7 Å². The molecule has 1 aromatic rings. The quantitative estimate of drug-likeness (QED) is 0.587. The molecule has 1 aliphatic rings. The molecule has 0 aliphatic carbocycles. The molecule has 1 fully saturated rings. The number of nitrogens with zero attached hydrogens (tertiary/aromatic N) is 1. The molecule has 0 radical (unpaired) electrons. The number of nitrogen functional groups attached to an aromatic ring is 1. The average Bonchev–Trinajstić information content (AvgIpc) is 2.54. The zero-order valence-electron chi connectivity index (χ0n) is 13.7. The van der Waals surface area contributed by atoms with E-state index in [2.05, 4.69) is 44.1 Å². The minimum atomic E-state index is 0. The molecule has 0 bridgehead atoms. The van der Waals surface area contributed by atoms with Gasteiger partial charge in [-0.15, -0.1) is 0 Å². The van der Waals surface area contributed by atoms with Crippen molar-refractivity contribution in [1.82, 2.24) is 9.62 Å². The number of benzene rings is 1. The van der Waals surface area contributed by atoms with Crippen LogP contribution in [0.5, 0.6) is 0 Å². The van der Waals surface area contributed by atoms with Crippen LogP contribution in [0.15, 0.2) is 24.3 Å². The maximum absolute atomic E-state index is 11.5. The second-order valence-electron chi connectivity index (χ2n) is 5.61. The van der Waals surface area contributed by atoms with Crippen LogP contribution in [0, 0.1) is 5.92 Å². The summed E-state index contributed by atoms with van der Waals surface area (Å²) < 4.78 is 1.98. The molecular formula is C17H33N3OS. The van der Waals surface area contributed by atoms with Gasteiger partial charge < -0.3 is 11.1 Å². The van der Waals surface area contributed by atoms with Gasteiger partial charge in [-0.25, -0.2) is 0 Å². The van der Waals surface area contributed by atoms with Gasteiger partial charge in [0.2, 0.25) is 5.91 Å². The molecule has 1 saturated heterocycles. The summed E-state index contributed by atoms with van der Waals surface area (Å²) in [5.41, 5.74) is 7.66. The topological polar surface area (TPSA) is 58.4 Å². The van der Waals surface area contributed by atoms with Crippen LogP contribution in [0.1, 0.15) is 41.5 Å². The highest BCUT2D eigenvalue weighted by Gasteiger charge is 2.22. The summed E-state index contributed by atoms with van der Waals surface area (Å²) in [5, 5.41) is 2.93. The van der Waals surface area contributed by atoms with E-state index >= 15 is 0 Å². The van der Waals surface area contributed by atoms with Crippen LogP contribution in [-0.2, 0) is 11.2 Å². The summed E-state index contributed by atoms with van der Waals surface area (Å²) in [5.74, 6) is 0.443. The monoisotopic (exact) mass is 327 g/mol. The van der Waals surface area contributed by atoms with Gasteiger partial charge >= 0.3 is 0 Å². The SMILES string of the molecule is CCCNC(=O)C1CCN(S)CC1.CCc1ccc(N)cc1.[HH].[HH]. The molecule has 1 aromatic carbocycles. The Morgan fingerprint density at radius 1 is 1.32 bits per heavy atom. The average molecular weight is 328 g/mol. The van der Waals surface area contributed by atoms with E-state index in [0.717, 1.165) is 51.0 Å². The third-order valence-corrected chi connectivity index (χ3v) is 4.18. The third kappa shape index (κ3) is 7.18. The Morgan fingerprint density at radius 2 is 1.91 bits per heavy atom. The lowest BCUT2D eigenvalue weighted by Crippen LogP contribution is -2.37. The lowest BCUT2D eigenvalue weighted by Gasteiger charge is -2.26. The van der Waals surface area contributed by atoms with Crippen molar-refractivity contribution < 1.29 is 7.65 Å². The van der Waals surface area contributed by atoms with E-state index in [9.17, 15) is 4.79 Å². The Balaban J connectivity index is 0. The molecule has 0 saturated carbocycles. The van der Waals surface area contributed by atoms with Crippen LogP contribution in [0.25, 0.3) is 0 Å². The Bertz CT molecular complexity index is 438. The van der Waals surface area contributed by atoms with Crippen LogP contribution in [-0.4, -0.2) is 29.8 Å². The lowest BCUT2D eigenvalue weighted by atomic mass is 9.97. The molecule has 0 atom stereocenters. The smallest absolute Gasteiger partial charge is 0.223 e. The van der Waals surface area contributed by atoms with E-state index in [1.165, 1.54) is 5.56 Å². The Hall–Kier alpha value is -1.20. The van der Waals surface area contributed by atoms with Crippen molar-refractivity contribution in [3.8, 4) is 0 Å². The summed E-state index contributed by atoms with van der Waals surface area (Å²) in [4.78, 5) is 11.5. The number of hydrogen-bond donors (Lipinski definition) is 3. The first-order valence-electron chi connectivity index (χ1n) is 8.12. The van der Waals surface area contributed by atoms with Crippen LogP contribution in [0.2, 0.25) is 0 Å². The fourth-order valence-corrected chi connectivity index (χ4v) is 2.50. The largest absolute Gasteiger partial charge is 0.399 e. The van der Waals surface area contributed by atoms with Gasteiger partial charge in [0.15, 0.2) is 0 Å². The lowest BCUT2D eigenvalue weighted by molar-refractivity contribution is -0.126. The maximum Gasteiger partial charge on any atom is 0.223 e. The highest BCUT2D eigenvalue weighted by molar-refractivity contribution is 7.77. The van der Waals surface area contributed by atoms with Gasteiger partial charge in [-0.05, 0) is 43.4 Å². The van der Waals surface area contributed by atoms with Crippen molar-refractivity contribution in [3.05, 3.63) is 29.8 Å². The maximum atomic E-state index is 11.5. The number of hydrogen-bond acceptors (Lipinski definition) is 4. The van der Waals surface area contributed by atoms with E-state index in [1.807, 2.05) is 16.4 Å². The highest BCUT2D eigenvalue weighted by atomic mass is 32.1. The molecule has 1 amide bonds. The number of aryl methyl sites for hydroxylation is 1. The number of nitrogens with one attached hydrogen (secondary N) is 1. The normalized spacial score (nSPS) is 15.8. The number of anilines is 1. The number of carbonyl (C=O) groups excluding carboxylic acids is 1. The summed E-state index contributed by atoms with van der Waals surface area (Å²) in [6.45, 7) is 6.85. The van der Waals surface area contributed by atoms with Gasteiger partial charge in [0, 0.05) is 34.1 Å². The van der Waals surface area contributed by atoms with Crippen LogP contribution >= 0.6 is 12.8 Å². The number of thiol groups is 1. The number of carbonyl (C=O) groups is 1. The molecule has 2 rings (SSSR count). The van der Waals surface area contributed by atoms with Crippen molar-refractivity contribution in [3.63, 3.8) is 0 Å². The van der Waals surface area contributed by atoms with Crippen LogP contribution < -0.4 is 11.1 Å². The molecule has 0 spiro atoms. The van der Waals surface area contributed by atoms with E-state index < -0.39 is 0 Å². The first-order valence-corrected chi connectivity index (χ1v) is 8.52. The summed E-state index contributed by atoms with van der Waals surface area (Å²) in [6, 6.07) is 7.96. The minimum absolute atomic E-state index is 0. The van der Waals surface area contributed by atoms with Crippen molar-refractivity contribution in [2.24, 2.45) is 5.92 Å². The van der Waals surface area contributed by atoms with Gasteiger partial charge in [-0.1, -0.05) is 38.8 Å². The van der Waals surface area contributed by atoms with Crippen molar-refractivity contribution in [1.29, 1.82) is 0 Å². The van der Waals surface area contributed by atoms with E-state index in [4.69, 9.17) is 5.73 Å². The minimum Gasteiger partial charge on any atom is -0.399 e. The van der Waals surface area contributed by atoms with Crippen molar-refractivity contribution >= 4 is 24.4 Å². The zero-order valence-corrected chi connectivity index (χ0v) is 14.6. The second kappa shape index (κ2) is 10.5. The van der Waals surface area contributed by atoms with Gasteiger partial charge in [0.05, 0.1) is 0 Å². The molecule has 3 N–H and O–H groups in total. The molecule has 0 unspecified atom stereocenters. The Labute approximate surface area is 143 Å². The fourth-order valence-electron chi connectivity index (χ4n) is 2.27. The third-order valence-electron chi connectivity index (χ3n) is 3.78. The van der Waals surface area contributed by atoms with Gasteiger partial charge in [-0.3, -0.25) is 9.10 Å².